The predicted octanol–water partition coefficient (Wildman–Crippen LogP) is 4.95. The fourth-order valence-corrected chi connectivity index (χ4v) is 4.30. The van der Waals surface area contributed by atoms with E-state index in [9.17, 15) is 19.5 Å². The molecule has 0 aliphatic heterocycles. The first kappa shape index (κ1) is 26.3. The first-order valence-corrected chi connectivity index (χ1v) is 12.0. The van der Waals surface area contributed by atoms with Crippen molar-refractivity contribution in [3.05, 3.63) is 59.7 Å². The number of hydrogen-bond acceptors (Lipinski definition) is 4. The lowest BCUT2D eigenvalue weighted by molar-refractivity contribution is -0.152. The molecule has 0 spiro atoms. The molecule has 0 aromatic heterocycles. The third-order valence-electron chi connectivity index (χ3n) is 7.19. The van der Waals surface area contributed by atoms with E-state index in [1.807, 2.05) is 50.2 Å². The zero-order valence-electron chi connectivity index (χ0n) is 21.3. The lowest BCUT2D eigenvalue weighted by Crippen LogP contribution is -2.61. The van der Waals surface area contributed by atoms with Crippen molar-refractivity contribution in [2.75, 3.05) is 6.61 Å². The standard InChI is InChI=1S/C28H36N2O5/c1-17(2)15-23(24(31)30-28(5,6)27(3,4)25(32)33)29-26(34)35-16-22-20-13-9-7-11-18(20)19-12-8-10-14-21(19)22/h7-14,17,22-23H,15-16H2,1-6H3,(H,29,34)(H,30,31)(H,32,33). The lowest BCUT2D eigenvalue weighted by Gasteiger charge is -2.39. The van der Waals surface area contributed by atoms with Gasteiger partial charge in [0.15, 0.2) is 0 Å². The van der Waals surface area contributed by atoms with E-state index in [-0.39, 0.29) is 18.4 Å². The third-order valence-corrected chi connectivity index (χ3v) is 7.19. The summed E-state index contributed by atoms with van der Waals surface area (Å²) in [5.41, 5.74) is 2.23. The quantitative estimate of drug-likeness (QED) is 0.471. The van der Waals surface area contributed by atoms with Crippen LogP contribution in [0.1, 0.15) is 65.0 Å². The molecular weight excluding hydrogens is 444 g/mol. The van der Waals surface area contributed by atoms with E-state index >= 15 is 0 Å². The lowest BCUT2D eigenvalue weighted by atomic mass is 9.74. The molecule has 2 aromatic carbocycles. The van der Waals surface area contributed by atoms with Crippen LogP contribution in [0.3, 0.4) is 0 Å². The maximum Gasteiger partial charge on any atom is 0.407 e. The second kappa shape index (κ2) is 10.1. The Morgan fingerprint density at radius 2 is 1.46 bits per heavy atom. The fraction of sp³-hybridized carbons (Fsp3) is 0.464. The molecule has 7 nitrogen and oxygen atoms in total. The first-order chi connectivity index (χ1) is 16.3. The fourth-order valence-electron chi connectivity index (χ4n) is 4.30. The Morgan fingerprint density at radius 3 is 1.94 bits per heavy atom. The monoisotopic (exact) mass is 480 g/mol. The Morgan fingerprint density at radius 1 is 0.943 bits per heavy atom. The molecule has 3 N–H and O–H groups in total. The van der Waals surface area contributed by atoms with Gasteiger partial charge >= 0.3 is 12.1 Å². The smallest absolute Gasteiger partial charge is 0.407 e. The average Bonchev–Trinajstić information content (AvgIpc) is 3.10. The molecule has 0 saturated heterocycles. The summed E-state index contributed by atoms with van der Waals surface area (Å²) in [5.74, 6) is -1.42. The van der Waals surface area contributed by atoms with Gasteiger partial charge in [-0.1, -0.05) is 62.4 Å². The summed E-state index contributed by atoms with van der Waals surface area (Å²) < 4.78 is 5.61. The Kier molecular flexibility index (Phi) is 7.58. The van der Waals surface area contributed by atoms with Crippen molar-refractivity contribution in [1.82, 2.24) is 10.6 Å². The van der Waals surface area contributed by atoms with Crippen molar-refractivity contribution in [2.24, 2.45) is 11.3 Å². The minimum absolute atomic E-state index is 0.0826. The van der Waals surface area contributed by atoms with Crippen molar-refractivity contribution in [3.63, 3.8) is 0 Å². The molecule has 1 aliphatic carbocycles. The Balaban J connectivity index is 1.70. The zero-order chi connectivity index (χ0) is 26.0. The molecule has 1 aliphatic rings. The number of benzene rings is 2. The summed E-state index contributed by atoms with van der Waals surface area (Å²) in [7, 11) is 0. The van der Waals surface area contributed by atoms with Crippen LogP contribution in [0.4, 0.5) is 4.79 Å². The molecule has 0 radical (unpaired) electrons. The van der Waals surface area contributed by atoms with Crippen LogP contribution in [0.5, 0.6) is 0 Å². The number of carboxylic acid groups (broad SMARTS) is 1. The molecule has 35 heavy (non-hydrogen) atoms. The van der Waals surface area contributed by atoms with E-state index in [1.54, 1.807) is 27.7 Å². The second-order valence-electron chi connectivity index (χ2n) is 10.7. The molecule has 2 aromatic rings. The van der Waals surface area contributed by atoms with Crippen molar-refractivity contribution in [1.29, 1.82) is 0 Å². The number of amides is 2. The number of ether oxygens (including phenoxy) is 1. The van der Waals surface area contributed by atoms with E-state index < -0.39 is 35.0 Å². The van der Waals surface area contributed by atoms with Crippen molar-refractivity contribution >= 4 is 18.0 Å². The minimum atomic E-state index is -1.21. The first-order valence-electron chi connectivity index (χ1n) is 12.0. The molecule has 188 valence electrons. The van der Waals surface area contributed by atoms with Gasteiger partial charge in [0.25, 0.3) is 0 Å². The summed E-state index contributed by atoms with van der Waals surface area (Å²) in [6, 6.07) is 15.3. The van der Waals surface area contributed by atoms with Crippen LogP contribution >= 0.6 is 0 Å². The number of fused-ring (bicyclic) bond motifs is 3. The molecule has 7 heteroatoms. The van der Waals surface area contributed by atoms with Gasteiger partial charge in [0.05, 0.1) is 11.0 Å². The maximum absolute atomic E-state index is 13.1. The Hall–Kier alpha value is -3.35. The van der Waals surface area contributed by atoms with Gasteiger partial charge in [0, 0.05) is 5.92 Å². The number of alkyl carbamates (subject to hydrolysis) is 1. The highest BCUT2D eigenvalue weighted by Gasteiger charge is 2.45. The van der Waals surface area contributed by atoms with Gasteiger partial charge in [0.2, 0.25) is 5.91 Å². The molecule has 0 saturated carbocycles. The molecule has 2 amide bonds. The van der Waals surface area contributed by atoms with Crippen LogP contribution in [-0.2, 0) is 14.3 Å². The number of hydrogen-bond donors (Lipinski definition) is 3. The topological polar surface area (TPSA) is 105 Å². The van der Waals surface area contributed by atoms with Crippen LogP contribution in [0, 0.1) is 11.3 Å². The normalized spacial score (nSPS) is 14.1. The third kappa shape index (κ3) is 5.50. The average molecular weight is 481 g/mol. The summed E-state index contributed by atoms with van der Waals surface area (Å²) >= 11 is 0. The van der Waals surface area contributed by atoms with E-state index in [0.29, 0.717) is 6.42 Å². The van der Waals surface area contributed by atoms with Gasteiger partial charge in [-0.3, -0.25) is 9.59 Å². The summed E-state index contributed by atoms with van der Waals surface area (Å²) in [6.07, 6.45) is -0.289. The van der Waals surface area contributed by atoms with Gasteiger partial charge < -0.3 is 20.5 Å². The number of nitrogens with one attached hydrogen (secondary N) is 2. The van der Waals surface area contributed by atoms with E-state index in [0.717, 1.165) is 22.3 Å². The van der Waals surface area contributed by atoms with Gasteiger partial charge in [-0.05, 0) is 62.3 Å². The molecule has 0 bridgehead atoms. The van der Waals surface area contributed by atoms with Gasteiger partial charge in [-0.2, -0.15) is 0 Å². The largest absolute Gasteiger partial charge is 0.481 e. The molecule has 0 heterocycles. The summed E-state index contributed by atoms with van der Waals surface area (Å²) in [5, 5.41) is 15.1. The highest BCUT2D eigenvalue weighted by Crippen LogP contribution is 2.44. The van der Waals surface area contributed by atoms with E-state index in [4.69, 9.17) is 4.74 Å². The van der Waals surface area contributed by atoms with E-state index in [1.165, 1.54) is 0 Å². The zero-order valence-corrected chi connectivity index (χ0v) is 21.3. The molecule has 1 atom stereocenters. The number of carboxylic acids is 1. The highest BCUT2D eigenvalue weighted by atomic mass is 16.5. The number of carbonyl (C=O) groups is 3. The van der Waals surface area contributed by atoms with Crippen molar-refractivity contribution < 1.29 is 24.2 Å². The molecule has 1 unspecified atom stereocenters. The van der Waals surface area contributed by atoms with Crippen LogP contribution in [0.2, 0.25) is 0 Å². The molecule has 0 fully saturated rings. The highest BCUT2D eigenvalue weighted by molar-refractivity contribution is 5.87. The SMILES string of the molecule is CC(C)CC(NC(=O)OCC1c2ccccc2-c2ccccc21)C(=O)NC(C)(C)C(C)(C)C(=O)O. The van der Waals surface area contributed by atoms with Gasteiger partial charge in [-0.25, -0.2) is 4.79 Å². The number of rotatable bonds is 9. The minimum Gasteiger partial charge on any atom is -0.481 e. The van der Waals surface area contributed by atoms with Crippen molar-refractivity contribution in [2.45, 2.75) is 65.5 Å². The van der Waals surface area contributed by atoms with Crippen molar-refractivity contribution in [3.8, 4) is 11.1 Å². The second-order valence-corrected chi connectivity index (χ2v) is 10.7. The number of aliphatic carboxylic acids is 1. The van der Waals surface area contributed by atoms with E-state index in [2.05, 4.69) is 22.8 Å². The summed E-state index contributed by atoms with van der Waals surface area (Å²) in [6.45, 7) is 10.5. The maximum atomic E-state index is 13.1. The molecular formula is C28H36N2O5. The van der Waals surface area contributed by atoms with Gasteiger partial charge in [0.1, 0.15) is 12.6 Å². The Labute approximate surface area is 207 Å². The predicted molar refractivity (Wildman–Crippen MR) is 135 cm³/mol. The number of carbonyl (C=O) groups excluding carboxylic acids is 2. The van der Waals surface area contributed by atoms with Crippen LogP contribution < -0.4 is 10.6 Å². The van der Waals surface area contributed by atoms with Crippen LogP contribution in [-0.4, -0.2) is 41.3 Å². The van der Waals surface area contributed by atoms with Crippen LogP contribution in [0.15, 0.2) is 48.5 Å². The molecule has 3 rings (SSSR count). The summed E-state index contributed by atoms with van der Waals surface area (Å²) in [4.78, 5) is 37.6. The van der Waals surface area contributed by atoms with Crippen LogP contribution in [0.25, 0.3) is 11.1 Å². The Bertz CT molecular complexity index is 1060. The van der Waals surface area contributed by atoms with Gasteiger partial charge in [-0.15, -0.1) is 0 Å².